The normalized spacial score (nSPS) is 16.4. The van der Waals surface area contributed by atoms with Crippen LogP contribution in [0.25, 0.3) is 6.08 Å². The molecule has 0 saturated heterocycles. The lowest BCUT2D eigenvalue weighted by Crippen LogP contribution is -2.07. The van der Waals surface area contributed by atoms with Gasteiger partial charge in [0.25, 0.3) is 0 Å². The second-order valence-electron chi connectivity index (χ2n) is 4.38. The Morgan fingerprint density at radius 1 is 1.35 bits per heavy atom. The Balaban J connectivity index is 2.15. The lowest BCUT2D eigenvalue weighted by Gasteiger charge is -2.11. The summed E-state index contributed by atoms with van der Waals surface area (Å²) in [4.78, 5) is 18.3. The molecule has 3 nitrogen and oxygen atoms in total. The summed E-state index contributed by atoms with van der Waals surface area (Å²) in [6.45, 7) is 3.66. The van der Waals surface area contributed by atoms with Gasteiger partial charge in [0.2, 0.25) is 5.12 Å². The highest BCUT2D eigenvalue weighted by atomic mass is 32.2. The molecule has 1 aliphatic heterocycles. The summed E-state index contributed by atoms with van der Waals surface area (Å²) in [5.74, 6) is 0.768. The van der Waals surface area contributed by atoms with E-state index < -0.39 is 0 Å². The number of benzene rings is 1. The van der Waals surface area contributed by atoms with E-state index in [2.05, 4.69) is 11.6 Å². The second-order valence-corrected chi connectivity index (χ2v) is 6.61. The molecule has 0 N–H and O–H groups in total. The summed E-state index contributed by atoms with van der Waals surface area (Å²) >= 11 is 2.73. The zero-order valence-corrected chi connectivity index (χ0v) is 13.1. The van der Waals surface area contributed by atoms with Crippen molar-refractivity contribution in [2.24, 2.45) is 4.99 Å². The van der Waals surface area contributed by atoms with E-state index in [0.717, 1.165) is 21.4 Å². The lowest BCUT2D eigenvalue weighted by atomic mass is 10.1. The van der Waals surface area contributed by atoms with Crippen LogP contribution in [0.5, 0.6) is 0 Å². The first kappa shape index (κ1) is 14.9. The highest BCUT2D eigenvalue weighted by Gasteiger charge is 2.21. The Hall–Kier alpha value is -1.46. The first-order chi connectivity index (χ1) is 9.60. The summed E-state index contributed by atoms with van der Waals surface area (Å²) in [5.41, 5.74) is 2.63. The average Bonchev–Trinajstić information content (AvgIpc) is 2.77. The zero-order chi connectivity index (χ0) is 14.5. The maximum absolute atomic E-state index is 11.9. The van der Waals surface area contributed by atoms with Crippen molar-refractivity contribution < 1.29 is 4.79 Å². The molecule has 1 aromatic carbocycles. The van der Waals surface area contributed by atoms with Crippen LogP contribution in [0.15, 0.2) is 47.6 Å². The molecule has 1 aromatic rings. The van der Waals surface area contributed by atoms with Crippen LogP contribution >= 0.6 is 23.5 Å². The molecule has 0 fully saturated rings. The van der Waals surface area contributed by atoms with Crippen LogP contribution < -0.4 is 4.90 Å². The molecule has 0 atom stereocenters. The number of aliphatic imine (C=N–C) groups is 1. The minimum atomic E-state index is 0.00764. The van der Waals surface area contributed by atoms with Crippen molar-refractivity contribution in [3.8, 4) is 0 Å². The number of nitrogens with zero attached hydrogens (tertiary/aromatic N) is 2. The fraction of sp³-hybridized carbons (Fsp3) is 0.200. The van der Waals surface area contributed by atoms with Crippen molar-refractivity contribution in [2.75, 3.05) is 24.7 Å². The van der Waals surface area contributed by atoms with Gasteiger partial charge in [0, 0.05) is 25.5 Å². The van der Waals surface area contributed by atoms with Gasteiger partial charge in [-0.1, -0.05) is 30.0 Å². The molecule has 0 aliphatic carbocycles. The van der Waals surface area contributed by atoms with Gasteiger partial charge in [-0.25, -0.2) is 4.99 Å². The fourth-order valence-corrected chi connectivity index (χ4v) is 3.21. The van der Waals surface area contributed by atoms with Crippen LogP contribution in [-0.4, -0.2) is 29.3 Å². The van der Waals surface area contributed by atoms with Gasteiger partial charge in [-0.2, -0.15) is 0 Å². The first-order valence-corrected chi connectivity index (χ1v) is 7.94. The van der Waals surface area contributed by atoms with E-state index >= 15 is 0 Å². The smallest absolute Gasteiger partial charge is 0.244 e. The van der Waals surface area contributed by atoms with Gasteiger partial charge in [-0.15, -0.1) is 6.58 Å². The third kappa shape index (κ3) is 3.77. The van der Waals surface area contributed by atoms with E-state index in [0.29, 0.717) is 5.70 Å². The van der Waals surface area contributed by atoms with Crippen molar-refractivity contribution >= 4 is 44.8 Å². The molecule has 1 aliphatic rings. The van der Waals surface area contributed by atoms with Crippen LogP contribution in [0.1, 0.15) is 5.56 Å². The molecule has 0 spiro atoms. The van der Waals surface area contributed by atoms with Crippen LogP contribution in [0.2, 0.25) is 0 Å². The molecular weight excluding hydrogens is 288 g/mol. The van der Waals surface area contributed by atoms with Crippen LogP contribution in [0.4, 0.5) is 5.69 Å². The van der Waals surface area contributed by atoms with E-state index in [1.165, 1.54) is 23.5 Å². The molecule has 1 heterocycles. The largest absolute Gasteiger partial charge is 0.378 e. The molecule has 5 heteroatoms. The predicted molar refractivity (Wildman–Crippen MR) is 91.4 cm³/mol. The summed E-state index contributed by atoms with van der Waals surface area (Å²) in [6, 6.07) is 8.03. The van der Waals surface area contributed by atoms with E-state index in [4.69, 9.17) is 0 Å². The van der Waals surface area contributed by atoms with Gasteiger partial charge >= 0.3 is 0 Å². The highest BCUT2D eigenvalue weighted by molar-refractivity contribution is 8.45. The number of hydrogen-bond acceptors (Lipinski definition) is 5. The number of hydrogen-bond donors (Lipinski definition) is 0. The van der Waals surface area contributed by atoms with Crippen molar-refractivity contribution in [1.82, 2.24) is 0 Å². The first-order valence-electron chi connectivity index (χ1n) is 6.14. The topological polar surface area (TPSA) is 32.7 Å². The zero-order valence-electron chi connectivity index (χ0n) is 11.5. The fourth-order valence-electron chi connectivity index (χ4n) is 1.61. The maximum Gasteiger partial charge on any atom is 0.244 e. The molecule has 0 radical (unpaired) electrons. The third-order valence-corrected chi connectivity index (χ3v) is 4.64. The number of rotatable bonds is 4. The Bertz CT molecular complexity index is 574. The van der Waals surface area contributed by atoms with E-state index in [-0.39, 0.29) is 5.12 Å². The molecular formula is C15H16N2OS2. The molecule has 0 bridgehead atoms. The van der Waals surface area contributed by atoms with E-state index in [1.807, 2.05) is 49.3 Å². The van der Waals surface area contributed by atoms with Crippen molar-refractivity contribution in [3.05, 3.63) is 48.2 Å². The Labute approximate surface area is 127 Å². The van der Waals surface area contributed by atoms with Gasteiger partial charge in [0.1, 0.15) is 10.1 Å². The quantitative estimate of drug-likeness (QED) is 0.628. The number of carbonyl (C=O) groups excluding carboxylic acids is 1. The summed E-state index contributed by atoms with van der Waals surface area (Å²) in [5, 5.41) is 0.00764. The monoisotopic (exact) mass is 304 g/mol. The Morgan fingerprint density at radius 2 is 2.05 bits per heavy atom. The molecule has 0 aromatic heterocycles. The molecule has 0 saturated carbocycles. The lowest BCUT2D eigenvalue weighted by molar-refractivity contribution is -0.107. The van der Waals surface area contributed by atoms with Crippen LogP contribution in [0, 0.1) is 0 Å². The van der Waals surface area contributed by atoms with Gasteiger partial charge in [0.15, 0.2) is 0 Å². The van der Waals surface area contributed by atoms with E-state index in [1.54, 1.807) is 6.08 Å². The van der Waals surface area contributed by atoms with Crippen molar-refractivity contribution in [3.63, 3.8) is 0 Å². The number of thioether (sulfide) groups is 2. The number of anilines is 1. The summed E-state index contributed by atoms with van der Waals surface area (Å²) in [7, 11) is 4.00. The average molecular weight is 304 g/mol. The molecule has 104 valence electrons. The van der Waals surface area contributed by atoms with Gasteiger partial charge in [0.05, 0.1) is 0 Å². The third-order valence-electron chi connectivity index (χ3n) is 2.64. The van der Waals surface area contributed by atoms with Crippen molar-refractivity contribution in [2.45, 2.75) is 0 Å². The molecule has 20 heavy (non-hydrogen) atoms. The summed E-state index contributed by atoms with van der Waals surface area (Å²) in [6.07, 6.45) is 3.64. The Kier molecular flexibility index (Phi) is 5.09. The van der Waals surface area contributed by atoms with Gasteiger partial charge in [-0.3, -0.25) is 4.79 Å². The van der Waals surface area contributed by atoms with Crippen LogP contribution in [-0.2, 0) is 4.79 Å². The standard InChI is InChI=1S/C15H16N2OS2/c1-4-9-19-15-16-13(14(18)20-15)10-11-5-7-12(8-6-11)17(2)3/h4-8,10H,1,9H2,2-3H3. The van der Waals surface area contributed by atoms with Gasteiger partial charge < -0.3 is 4.90 Å². The molecule has 2 rings (SSSR count). The number of carbonyl (C=O) groups is 1. The second kappa shape index (κ2) is 6.81. The van der Waals surface area contributed by atoms with E-state index in [9.17, 15) is 4.79 Å². The molecule has 0 unspecified atom stereocenters. The SMILES string of the molecule is C=CCSC1=NC(=Cc2ccc(N(C)C)cc2)C(=O)S1. The van der Waals surface area contributed by atoms with Crippen LogP contribution in [0.3, 0.4) is 0 Å². The summed E-state index contributed by atoms with van der Waals surface area (Å²) < 4.78 is 0.797. The minimum absolute atomic E-state index is 0.00764. The van der Waals surface area contributed by atoms with Crippen molar-refractivity contribution in [1.29, 1.82) is 0 Å². The van der Waals surface area contributed by atoms with Gasteiger partial charge in [-0.05, 0) is 35.5 Å². The maximum atomic E-state index is 11.9. The highest BCUT2D eigenvalue weighted by Crippen LogP contribution is 2.31. The Morgan fingerprint density at radius 3 is 2.65 bits per heavy atom. The predicted octanol–water partition coefficient (Wildman–Crippen LogP) is 3.64. The minimum Gasteiger partial charge on any atom is -0.378 e. The molecule has 0 amide bonds.